The molecule has 14 heavy (non-hydrogen) atoms. The molecular formula is C12H13NO. The maximum atomic E-state index is 5.07. The third kappa shape index (κ3) is 1.51. The van der Waals surface area contributed by atoms with Crippen LogP contribution in [0.4, 0.5) is 0 Å². The van der Waals surface area contributed by atoms with Gasteiger partial charge in [-0.1, -0.05) is 6.08 Å². The number of hydrogen-bond acceptors (Lipinski definition) is 2. The summed E-state index contributed by atoms with van der Waals surface area (Å²) < 4.78 is 5.07. The molecule has 2 heterocycles. The molecule has 1 aromatic heterocycles. The van der Waals surface area contributed by atoms with Crippen LogP contribution in [0.1, 0.15) is 12.5 Å². The fraction of sp³-hybridized carbons (Fsp3) is 0.167. The maximum absolute atomic E-state index is 5.07. The molecule has 72 valence electrons. The molecule has 2 nitrogen and oxygen atoms in total. The summed E-state index contributed by atoms with van der Waals surface area (Å²) in [6.45, 7) is 2.10. The third-order valence-corrected chi connectivity index (χ3v) is 2.39. The van der Waals surface area contributed by atoms with Gasteiger partial charge in [0.2, 0.25) is 0 Å². The average Bonchev–Trinajstić information content (AvgIpc) is 2.70. The van der Waals surface area contributed by atoms with E-state index in [1.54, 1.807) is 12.5 Å². The molecule has 0 saturated carbocycles. The standard InChI is InChI=1S/C12H13NO/c1-10(11-6-8-14-9-11)12-5-3-4-7-13(12)2/h3-9H,1-2H3/b12-10+. The second kappa shape index (κ2) is 3.58. The zero-order valence-corrected chi connectivity index (χ0v) is 8.40. The van der Waals surface area contributed by atoms with E-state index in [0.717, 1.165) is 5.56 Å². The van der Waals surface area contributed by atoms with Crippen molar-refractivity contribution in [2.24, 2.45) is 0 Å². The van der Waals surface area contributed by atoms with Crippen LogP contribution in [-0.4, -0.2) is 11.9 Å². The predicted molar refractivity (Wildman–Crippen MR) is 57.3 cm³/mol. The van der Waals surface area contributed by atoms with E-state index in [0.29, 0.717) is 0 Å². The van der Waals surface area contributed by atoms with Crippen LogP contribution in [0.5, 0.6) is 0 Å². The van der Waals surface area contributed by atoms with Crippen molar-refractivity contribution < 1.29 is 4.42 Å². The van der Waals surface area contributed by atoms with Gasteiger partial charge in [-0.05, 0) is 30.7 Å². The topological polar surface area (TPSA) is 16.4 Å². The minimum atomic E-state index is 1.13. The molecule has 0 spiro atoms. The normalized spacial score (nSPS) is 18.9. The van der Waals surface area contributed by atoms with E-state index in [-0.39, 0.29) is 0 Å². The summed E-state index contributed by atoms with van der Waals surface area (Å²) in [5.74, 6) is 0. The van der Waals surface area contributed by atoms with Gasteiger partial charge < -0.3 is 9.32 Å². The summed E-state index contributed by atoms with van der Waals surface area (Å²) in [5.41, 5.74) is 3.56. The van der Waals surface area contributed by atoms with Crippen LogP contribution in [0.3, 0.4) is 0 Å². The lowest BCUT2D eigenvalue weighted by Gasteiger charge is -2.20. The summed E-state index contributed by atoms with van der Waals surface area (Å²) in [7, 11) is 2.04. The minimum Gasteiger partial charge on any atom is -0.472 e. The van der Waals surface area contributed by atoms with Crippen molar-refractivity contribution in [3.05, 3.63) is 54.3 Å². The highest BCUT2D eigenvalue weighted by Gasteiger charge is 2.07. The van der Waals surface area contributed by atoms with Gasteiger partial charge in [-0.3, -0.25) is 0 Å². The molecule has 0 unspecified atom stereocenters. The van der Waals surface area contributed by atoms with E-state index < -0.39 is 0 Å². The van der Waals surface area contributed by atoms with Crippen molar-refractivity contribution in [3.8, 4) is 0 Å². The van der Waals surface area contributed by atoms with Crippen molar-refractivity contribution in [3.63, 3.8) is 0 Å². The van der Waals surface area contributed by atoms with Gasteiger partial charge in [0.15, 0.2) is 0 Å². The number of hydrogen-bond donors (Lipinski definition) is 0. The Balaban J connectivity index is 2.40. The molecule has 0 aliphatic carbocycles. The highest BCUT2D eigenvalue weighted by Crippen LogP contribution is 2.23. The Kier molecular flexibility index (Phi) is 2.27. The van der Waals surface area contributed by atoms with E-state index in [1.165, 1.54) is 11.3 Å². The number of nitrogens with zero attached hydrogens (tertiary/aromatic N) is 1. The number of allylic oxidation sites excluding steroid dienone is 4. The zero-order chi connectivity index (χ0) is 9.97. The van der Waals surface area contributed by atoms with Crippen LogP contribution in [0.25, 0.3) is 5.57 Å². The fourth-order valence-corrected chi connectivity index (χ4v) is 1.54. The molecule has 0 fully saturated rings. The predicted octanol–water partition coefficient (Wildman–Crippen LogP) is 3.03. The Bertz CT molecular complexity index is 396. The Morgan fingerprint density at radius 2 is 2.21 bits per heavy atom. The fourth-order valence-electron chi connectivity index (χ4n) is 1.54. The van der Waals surface area contributed by atoms with Crippen LogP contribution in [0, 0.1) is 0 Å². The minimum absolute atomic E-state index is 1.13. The SMILES string of the molecule is C/C(=C1/C=CC=CN1C)c1ccoc1. The van der Waals surface area contributed by atoms with Crippen molar-refractivity contribution >= 4 is 5.57 Å². The van der Waals surface area contributed by atoms with Gasteiger partial charge in [-0.25, -0.2) is 0 Å². The molecule has 0 atom stereocenters. The van der Waals surface area contributed by atoms with Gasteiger partial charge in [0, 0.05) is 24.5 Å². The molecule has 0 bridgehead atoms. The maximum Gasteiger partial charge on any atom is 0.0978 e. The van der Waals surface area contributed by atoms with Gasteiger partial charge in [0.05, 0.1) is 12.5 Å². The molecule has 0 aromatic carbocycles. The summed E-state index contributed by atoms with van der Waals surface area (Å²) in [6.07, 6.45) is 11.7. The van der Waals surface area contributed by atoms with Gasteiger partial charge in [-0.2, -0.15) is 0 Å². The van der Waals surface area contributed by atoms with Crippen LogP contribution in [0.2, 0.25) is 0 Å². The molecule has 1 aromatic rings. The van der Waals surface area contributed by atoms with Gasteiger partial charge in [-0.15, -0.1) is 0 Å². The molecule has 1 aliphatic heterocycles. The van der Waals surface area contributed by atoms with Crippen molar-refractivity contribution in [2.45, 2.75) is 6.92 Å². The number of rotatable bonds is 1. The molecule has 0 radical (unpaired) electrons. The molecule has 0 saturated heterocycles. The summed E-state index contributed by atoms with van der Waals surface area (Å²) >= 11 is 0. The first-order valence-electron chi connectivity index (χ1n) is 4.60. The van der Waals surface area contributed by atoms with E-state index in [9.17, 15) is 0 Å². The third-order valence-electron chi connectivity index (χ3n) is 2.39. The van der Waals surface area contributed by atoms with Gasteiger partial charge >= 0.3 is 0 Å². The molecule has 0 N–H and O–H groups in total. The lowest BCUT2D eigenvalue weighted by molar-refractivity contribution is 0.565. The first-order chi connectivity index (χ1) is 6.79. The van der Waals surface area contributed by atoms with Crippen LogP contribution in [-0.2, 0) is 0 Å². The Morgan fingerprint density at radius 1 is 1.36 bits per heavy atom. The van der Waals surface area contributed by atoms with Crippen molar-refractivity contribution in [1.29, 1.82) is 0 Å². The summed E-state index contributed by atoms with van der Waals surface area (Å²) in [6, 6.07) is 1.97. The first-order valence-corrected chi connectivity index (χ1v) is 4.60. The molecule has 2 heteroatoms. The second-order valence-corrected chi connectivity index (χ2v) is 3.33. The van der Waals surface area contributed by atoms with Crippen molar-refractivity contribution in [2.75, 3.05) is 7.05 Å². The van der Waals surface area contributed by atoms with Gasteiger partial charge in [0.1, 0.15) is 0 Å². The van der Waals surface area contributed by atoms with Gasteiger partial charge in [0.25, 0.3) is 0 Å². The highest BCUT2D eigenvalue weighted by molar-refractivity contribution is 5.68. The lowest BCUT2D eigenvalue weighted by Crippen LogP contribution is -2.11. The summed E-state index contributed by atoms with van der Waals surface area (Å²) in [4.78, 5) is 2.10. The quantitative estimate of drug-likeness (QED) is 0.672. The van der Waals surface area contributed by atoms with Crippen molar-refractivity contribution in [1.82, 2.24) is 4.90 Å². The number of likely N-dealkylation sites (N-methyl/N-ethyl adjacent to an activating group) is 1. The Morgan fingerprint density at radius 3 is 2.86 bits per heavy atom. The first kappa shape index (κ1) is 8.88. The molecular weight excluding hydrogens is 174 g/mol. The zero-order valence-electron chi connectivity index (χ0n) is 8.40. The van der Waals surface area contributed by atoms with Crippen LogP contribution >= 0.6 is 0 Å². The Labute approximate surface area is 83.8 Å². The summed E-state index contributed by atoms with van der Waals surface area (Å²) in [5, 5.41) is 0. The molecule has 1 aliphatic rings. The van der Waals surface area contributed by atoms with Crippen LogP contribution < -0.4 is 0 Å². The average molecular weight is 187 g/mol. The van der Waals surface area contributed by atoms with E-state index in [4.69, 9.17) is 4.42 Å². The number of furan rings is 1. The molecule has 0 amide bonds. The largest absolute Gasteiger partial charge is 0.472 e. The Hall–Kier alpha value is -1.70. The highest BCUT2D eigenvalue weighted by atomic mass is 16.3. The monoisotopic (exact) mass is 187 g/mol. The van der Waals surface area contributed by atoms with E-state index >= 15 is 0 Å². The lowest BCUT2D eigenvalue weighted by atomic mass is 10.1. The van der Waals surface area contributed by atoms with E-state index in [2.05, 4.69) is 17.9 Å². The smallest absolute Gasteiger partial charge is 0.0978 e. The van der Waals surface area contributed by atoms with E-state index in [1.807, 2.05) is 31.5 Å². The van der Waals surface area contributed by atoms with Crippen LogP contribution in [0.15, 0.2) is 53.1 Å². The molecule has 2 rings (SSSR count). The second-order valence-electron chi connectivity index (χ2n) is 3.33.